The number of amides is 1. The maximum absolute atomic E-state index is 13.6. The van der Waals surface area contributed by atoms with Crippen LogP contribution in [0.3, 0.4) is 0 Å². The lowest BCUT2D eigenvalue weighted by atomic mass is 9.90. The number of carbonyl (C=O) groups is 1. The van der Waals surface area contributed by atoms with Gasteiger partial charge in [-0.3, -0.25) is 9.78 Å². The van der Waals surface area contributed by atoms with Crippen molar-refractivity contribution in [3.8, 4) is 0 Å². The Kier molecular flexibility index (Phi) is 7.68. The monoisotopic (exact) mass is 618 g/mol. The highest BCUT2D eigenvalue weighted by Crippen LogP contribution is 2.41. The normalized spacial score (nSPS) is 22.0. The number of hydrogen-bond acceptors (Lipinski definition) is 8. The van der Waals surface area contributed by atoms with E-state index in [2.05, 4.69) is 20.0 Å². The Morgan fingerprint density at radius 1 is 1.05 bits per heavy atom. The Balaban J connectivity index is 0.00000442. The Bertz CT molecular complexity index is 1660. The fourth-order valence-electron chi connectivity index (χ4n) is 5.77. The summed E-state index contributed by atoms with van der Waals surface area (Å²) in [6.45, 7) is 10.6. The number of anilines is 2. The fourth-order valence-corrected chi connectivity index (χ4v) is 6.70. The molecule has 3 aromatic heterocycles. The second-order valence-corrected chi connectivity index (χ2v) is 14.5. The SMILES string of the molecule is CC(C)(C)c1ccc2c(n1)N1C[C@@H](CC[C@@H](c3cc(C(F)(F)F)ccn3)Nc3cccc(n3)S(=O)(=O)NC2=O)CC1(C)C.[HH]. The molecule has 0 saturated carbocycles. The van der Waals surface area contributed by atoms with E-state index in [1.54, 1.807) is 12.1 Å². The Morgan fingerprint density at radius 2 is 1.79 bits per heavy atom. The standard InChI is InChI=1S/C30H35F3N6O3S.H2/c1-28(2,3)23-12-10-20-26(36-23)39-17-18(16-29(39,4)5)9-11-21(22-15-19(13-14-34-22)30(31,32)33)35-24-7-6-8-25(37-24)43(41,42)38-27(20)40;/h6-8,10,12-15,18,21H,9,11,16-17H2,1-5H3,(H,35,37)(H,38,40);1H/t18-,21-;/m0./s1. The highest BCUT2D eigenvalue weighted by molar-refractivity contribution is 7.90. The van der Waals surface area contributed by atoms with E-state index >= 15 is 0 Å². The molecule has 1 amide bonds. The fraction of sp³-hybridized carbons (Fsp3) is 0.467. The van der Waals surface area contributed by atoms with Gasteiger partial charge in [-0.05, 0) is 75.4 Å². The van der Waals surface area contributed by atoms with E-state index < -0.39 is 44.3 Å². The van der Waals surface area contributed by atoms with E-state index in [9.17, 15) is 26.4 Å². The minimum Gasteiger partial charge on any atom is -0.362 e. The molecule has 0 spiro atoms. The van der Waals surface area contributed by atoms with Gasteiger partial charge in [0.1, 0.15) is 11.6 Å². The maximum atomic E-state index is 13.6. The number of halogens is 3. The van der Waals surface area contributed by atoms with Crippen LogP contribution in [0.5, 0.6) is 0 Å². The number of aromatic nitrogens is 3. The molecule has 5 rings (SSSR count). The molecule has 232 valence electrons. The van der Waals surface area contributed by atoms with Crippen molar-refractivity contribution in [2.24, 2.45) is 5.92 Å². The molecule has 3 aromatic rings. The highest BCUT2D eigenvalue weighted by atomic mass is 32.2. The van der Waals surface area contributed by atoms with Gasteiger partial charge in [-0.15, -0.1) is 0 Å². The molecule has 1 fully saturated rings. The van der Waals surface area contributed by atoms with Crippen molar-refractivity contribution in [3.63, 3.8) is 0 Å². The van der Waals surface area contributed by atoms with Crippen LogP contribution in [0.4, 0.5) is 24.8 Å². The van der Waals surface area contributed by atoms with Crippen molar-refractivity contribution in [1.82, 2.24) is 19.7 Å². The van der Waals surface area contributed by atoms with Crippen LogP contribution in [0.1, 0.15) is 88.7 Å². The van der Waals surface area contributed by atoms with Crippen LogP contribution in [-0.2, 0) is 21.6 Å². The molecule has 2 N–H and O–H groups in total. The molecular weight excluding hydrogens is 581 g/mol. The lowest BCUT2D eigenvalue weighted by molar-refractivity contribution is -0.137. The van der Waals surface area contributed by atoms with Crippen LogP contribution in [0.15, 0.2) is 53.7 Å². The van der Waals surface area contributed by atoms with Gasteiger partial charge in [-0.2, -0.15) is 21.6 Å². The third-order valence-corrected chi connectivity index (χ3v) is 9.21. The lowest BCUT2D eigenvalue weighted by Gasteiger charge is -2.34. The van der Waals surface area contributed by atoms with Gasteiger partial charge >= 0.3 is 6.18 Å². The summed E-state index contributed by atoms with van der Waals surface area (Å²) in [5, 5.41) is 2.69. The number of nitrogens with zero attached hydrogens (tertiary/aromatic N) is 4. The molecule has 4 bridgehead atoms. The van der Waals surface area contributed by atoms with Crippen LogP contribution >= 0.6 is 0 Å². The summed E-state index contributed by atoms with van der Waals surface area (Å²) in [5.74, 6) is -0.212. The van der Waals surface area contributed by atoms with Crippen molar-refractivity contribution in [2.45, 2.75) is 82.1 Å². The topological polar surface area (TPSA) is 117 Å². The van der Waals surface area contributed by atoms with Gasteiger partial charge in [0.25, 0.3) is 15.9 Å². The van der Waals surface area contributed by atoms with E-state index in [0.717, 1.165) is 30.4 Å². The summed E-state index contributed by atoms with van der Waals surface area (Å²) in [6.07, 6.45) is -1.68. The average molecular weight is 619 g/mol. The van der Waals surface area contributed by atoms with Gasteiger partial charge in [0.15, 0.2) is 5.03 Å². The van der Waals surface area contributed by atoms with E-state index in [1.807, 2.05) is 39.5 Å². The first-order valence-electron chi connectivity index (χ1n) is 14.1. The van der Waals surface area contributed by atoms with E-state index in [-0.39, 0.29) is 29.8 Å². The smallest absolute Gasteiger partial charge is 0.362 e. The van der Waals surface area contributed by atoms with Crippen LogP contribution in [0.25, 0.3) is 0 Å². The van der Waals surface area contributed by atoms with Crippen molar-refractivity contribution < 1.29 is 27.8 Å². The summed E-state index contributed by atoms with van der Waals surface area (Å²) in [7, 11) is -4.42. The largest absolute Gasteiger partial charge is 0.416 e. The number of alkyl halides is 3. The van der Waals surface area contributed by atoms with Gasteiger partial charge in [-0.1, -0.05) is 26.8 Å². The molecule has 13 heteroatoms. The predicted molar refractivity (Wildman–Crippen MR) is 158 cm³/mol. The zero-order valence-electron chi connectivity index (χ0n) is 24.7. The van der Waals surface area contributed by atoms with E-state index in [0.29, 0.717) is 25.2 Å². The second-order valence-electron chi connectivity index (χ2n) is 12.8. The van der Waals surface area contributed by atoms with Crippen LogP contribution < -0.4 is 14.9 Å². The van der Waals surface area contributed by atoms with Crippen molar-refractivity contribution in [1.29, 1.82) is 0 Å². The van der Waals surface area contributed by atoms with Gasteiger partial charge in [0.2, 0.25) is 0 Å². The predicted octanol–water partition coefficient (Wildman–Crippen LogP) is 6.10. The molecule has 5 heterocycles. The molecule has 2 aliphatic rings. The molecule has 9 nitrogen and oxygen atoms in total. The molecule has 0 aromatic carbocycles. The number of rotatable bonds is 1. The third kappa shape index (κ3) is 6.46. The van der Waals surface area contributed by atoms with Crippen molar-refractivity contribution >= 4 is 27.6 Å². The number of nitrogens with one attached hydrogen (secondary N) is 2. The number of pyridine rings is 3. The number of fused-ring (bicyclic) bond motifs is 6. The Morgan fingerprint density at radius 3 is 2.49 bits per heavy atom. The summed E-state index contributed by atoms with van der Waals surface area (Å²) in [6, 6.07) is 8.78. The molecule has 2 aliphatic heterocycles. The van der Waals surface area contributed by atoms with Gasteiger partial charge in [-0.25, -0.2) is 14.7 Å². The lowest BCUT2D eigenvalue weighted by Crippen LogP contribution is -2.41. The van der Waals surface area contributed by atoms with Crippen LogP contribution in [-0.4, -0.2) is 41.4 Å². The molecular formula is C30H37F3N6O3S. The second kappa shape index (κ2) is 10.8. The number of hydrogen-bond donors (Lipinski definition) is 2. The summed E-state index contributed by atoms with van der Waals surface area (Å²) < 4.78 is 69.5. The minimum absolute atomic E-state index is 0. The van der Waals surface area contributed by atoms with Crippen LogP contribution in [0, 0.1) is 5.92 Å². The maximum Gasteiger partial charge on any atom is 0.416 e. The van der Waals surface area contributed by atoms with Crippen molar-refractivity contribution in [3.05, 3.63) is 71.2 Å². The Labute approximate surface area is 250 Å². The van der Waals surface area contributed by atoms with E-state index in [4.69, 9.17) is 4.98 Å². The first kappa shape index (κ1) is 30.7. The third-order valence-electron chi connectivity index (χ3n) is 7.98. The molecule has 0 unspecified atom stereocenters. The number of sulfonamides is 1. The number of carbonyl (C=O) groups excluding carboxylic acids is 1. The van der Waals surface area contributed by atoms with Crippen molar-refractivity contribution in [2.75, 3.05) is 16.8 Å². The zero-order valence-corrected chi connectivity index (χ0v) is 25.5. The summed E-state index contributed by atoms with van der Waals surface area (Å²) >= 11 is 0. The first-order valence-corrected chi connectivity index (χ1v) is 15.6. The zero-order chi connectivity index (χ0) is 31.4. The van der Waals surface area contributed by atoms with Crippen LogP contribution in [0.2, 0.25) is 0 Å². The first-order chi connectivity index (χ1) is 19.9. The van der Waals surface area contributed by atoms with Gasteiger partial charge in [0.05, 0.1) is 22.9 Å². The quantitative estimate of drug-likeness (QED) is 0.336. The molecule has 2 atom stereocenters. The van der Waals surface area contributed by atoms with Gasteiger partial charge < -0.3 is 10.2 Å². The molecule has 0 radical (unpaired) electrons. The molecule has 0 aliphatic carbocycles. The highest BCUT2D eigenvalue weighted by Gasteiger charge is 2.42. The molecule has 1 saturated heterocycles. The minimum atomic E-state index is -4.55. The molecule has 43 heavy (non-hydrogen) atoms. The Hall–Kier alpha value is -3.74. The van der Waals surface area contributed by atoms with E-state index in [1.165, 1.54) is 18.2 Å². The summed E-state index contributed by atoms with van der Waals surface area (Å²) in [5.41, 5.74) is -0.568. The average Bonchev–Trinajstić information content (AvgIpc) is 3.23. The summed E-state index contributed by atoms with van der Waals surface area (Å²) in [4.78, 5) is 28.9. The van der Waals surface area contributed by atoms with Gasteiger partial charge in [0, 0.05) is 30.8 Å².